The van der Waals surface area contributed by atoms with Crippen LogP contribution in [0, 0.1) is 11.8 Å². The average molecular weight is 491 g/mol. The lowest BCUT2D eigenvalue weighted by atomic mass is 9.80. The van der Waals surface area contributed by atoms with Crippen molar-refractivity contribution >= 4 is 16.5 Å². The molecule has 3 heterocycles. The number of likely N-dealkylation sites (N-methyl/N-ethyl adjacent to an activating group) is 1. The maximum absolute atomic E-state index is 10.9. The van der Waals surface area contributed by atoms with Crippen LogP contribution in [0.1, 0.15) is 83.8 Å². The smallest absolute Gasteiger partial charge is 0.208 e. The van der Waals surface area contributed by atoms with Crippen molar-refractivity contribution < 1.29 is 5.11 Å². The van der Waals surface area contributed by atoms with Gasteiger partial charge in [-0.25, -0.2) is 0 Å². The van der Waals surface area contributed by atoms with Gasteiger partial charge < -0.3 is 20.6 Å². The lowest BCUT2D eigenvalue weighted by Crippen LogP contribution is -2.57. The molecule has 3 N–H and O–H groups in total. The van der Waals surface area contributed by atoms with Gasteiger partial charge in [-0.15, -0.1) is 10.2 Å². The summed E-state index contributed by atoms with van der Waals surface area (Å²) in [4.78, 5) is 4.71. The van der Waals surface area contributed by atoms with E-state index in [1.165, 1.54) is 32.1 Å². The van der Waals surface area contributed by atoms with E-state index in [1.54, 1.807) is 16.9 Å². The van der Waals surface area contributed by atoms with E-state index in [0.717, 1.165) is 42.6 Å². The number of aliphatic hydroxyl groups excluding tert-OH is 1. The molecule has 2 fully saturated rings. The second-order valence-electron chi connectivity index (χ2n) is 11.8. The van der Waals surface area contributed by atoms with Gasteiger partial charge in [0.1, 0.15) is 11.1 Å². The zero-order chi connectivity index (χ0) is 24.3. The summed E-state index contributed by atoms with van der Waals surface area (Å²) in [5, 5.41) is 28.7. The van der Waals surface area contributed by atoms with Crippen molar-refractivity contribution in [1.29, 1.82) is 0 Å². The zero-order valence-electron chi connectivity index (χ0n) is 21.9. The fourth-order valence-corrected chi connectivity index (χ4v) is 6.51. The normalized spacial score (nSPS) is 26.8. The molecule has 0 amide bonds. The van der Waals surface area contributed by atoms with Crippen LogP contribution in [0.5, 0.6) is 0 Å². The van der Waals surface area contributed by atoms with Gasteiger partial charge in [0.15, 0.2) is 0 Å². The first-order chi connectivity index (χ1) is 16.2. The molecule has 1 aromatic heterocycles. The van der Waals surface area contributed by atoms with Crippen LogP contribution in [0.15, 0.2) is 11.8 Å². The summed E-state index contributed by atoms with van der Waals surface area (Å²) >= 11 is 1.54. The van der Waals surface area contributed by atoms with Crippen molar-refractivity contribution in [3.63, 3.8) is 0 Å². The van der Waals surface area contributed by atoms with Crippen molar-refractivity contribution in [2.75, 3.05) is 38.1 Å². The first kappa shape index (κ1) is 25.9. The predicted octanol–water partition coefficient (Wildman–Crippen LogP) is 3.93. The quantitative estimate of drug-likeness (QED) is 0.459. The monoisotopic (exact) mass is 490 g/mol. The molecule has 34 heavy (non-hydrogen) atoms. The Morgan fingerprint density at radius 1 is 1.21 bits per heavy atom. The summed E-state index contributed by atoms with van der Waals surface area (Å²) < 4.78 is 0. The van der Waals surface area contributed by atoms with E-state index in [2.05, 4.69) is 71.6 Å². The van der Waals surface area contributed by atoms with Crippen LogP contribution in [0.2, 0.25) is 0 Å². The minimum atomic E-state index is -0.619. The summed E-state index contributed by atoms with van der Waals surface area (Å²) in [7, 11) is 2.18. The Hall–Kier alpha value is -1.22. The number of aliphatic hydroxyl groups is 1. The van der Waals surface area contributed by atoms with Crippen LogP contribution >= 0.6 is 11.3 Å². The van der Waals surface area contributed by atoms with Crippen molar-refractivity contribution in [3.8, 4) is 0 Å². The molecular formula is C26H46N6OS. The van der Waals surface area contributed by atoms with Gasteiger partial charge in [0.25, 0.3) is 0 Å². The molecule has 0 aromatic carbocycles. The van der Waals surface area contributed by atoms with Crippen LogP contribution in [-0.2, 0) is 0 Å². The van der Waals surface area contributed by atoms with E-state index in [-0.39, 0.29) is 5.54 Å². The van der Waals surface area contributed by atoms with Crippen LogP contribution in [-0.4, -0.2) is 71.1 Å². The molecule has 192 valence electrons. The highest BCUT2D eigenvalue weighted by Crippen LogP contribution is 2.36. The summed E-state index contributed by atoms with van der Waals surface area (Å²) in [5.41, 5.74) is 1.69. The third-order valence-electron chi connectivity index (χ3n) is 8.20. The van der Waals surface area contributed by atoms with E-state index in [1.807, 2.05) is 0 Å². The van der Waals surface area contributed by atoms with Gasteiger partial charge in [0.2, 0.25) is 5.13 Å². The number of aromatic nitrogens is 2. The molecule has 7 nitrogen and oxygen atoms in total. The van der Waals surface area contributed by atoms with Gasteiger partial charge >= 0.3 is 0 Å². The summed E-state index contributed by atoms with van der Waals surface area (Å²) in [6.45, 7) is 12.5. The number of fused-ring (bicyclic) bond motifs is 1. The topological polar surface area (TPSA) is 76.5 Å². The fourth-order valence-electron chi connectivity index (χ4n) is 5.66. The minimum Gasteiger partial charge on any atom is -0.388 e. The minimum absolute atomic E-state index is 0.106. The Bertz CT molecular complexity index is 824. The average Bonchev–Trinajstić information content (AvgIpc) is 3.45. The van der Waals surface area contributed by atoms with E-state index in [9.17, 15) is 5.11 Å². The first-order valence-electron chi connectivity index (χ1n) is 13.4. The Morgan fingerprint density at radius 3 is 2.76 bits per heavy atom. The third kappa shape index (κ3) is 6.31. The number of hydrogen-bond acceptors (Lipinski definition) is 8. The van der Waals surface area contributed by atoms with Gasteiger partial charge in [0, 0.05) is 49.7 Å². The summed E-state index contributed by atoms with van der Waals surface area (Å²) in [6.07, 6.45) is 10.4. The molecule has 1 saturated heterocycles. The van der Waals surface area contributed by atoms with E-state index in [4.69, 9.17) is 0 Å². The summed E-state index contributed by atoms with van der Waals surface area (Å²) in [6, 6.07) is 1.04. The van der Waals surface area contributed by atoms with Gasteiger partial charge in [-0.2, -0.15) is 0 Å². The molecule has 1 saturated carbocycles. The zero-order valence-corrected chi connectivity index (χ0v) is 22.7. The Labute approximate surface area is 210 Å². The highest BCUT2D eigenvalue weighted by molar-refractivity contribution is 7.15. The van der Waals surface area contributed by atoms with Gasteiger partial charge in [0.05, 0.1) is 0 Å². The molecule has 2 aliphatic heterocycles. The van der Waals surface area contributed by atoms with Crippen molar-refractivity contribution in [2.45, 2.75) is 96.4 Å². The number of anilines is 1. The van der Waals surface area contributed by atoms with Crippen molar-refractivity contribution in [2.24, 2.45) is 11.8 Å². The molecule has 4 rings (SSSR count). The number of nitrogens with one attached hydrogen (secondary N) is 2. The molecule has 1 aromatic rings. The van der Waals surface area contributed by atoms with Crippen LogP contribution < -0.4 is 15.5 Å². The number of rotatable bonds is 10. The van der Waals surface area contributed by atoms with Gasteiger partial charge in [-0.1, -0.05) is 38.0 Å². The number of nitrogens with zero attached hydrogens (tertiary/aromatic N) is 4. The van der Waals surface area contributed by atoms with E-state index >= 15 is 0 Å². The maximum atomic E-state index is 10.9. The van der Waals surface area contributed by atoms with Crippen molar-refractivity contribution in [1.82, 2.24) is 25.7 Å². The van der Waals surface area contributed by atoms with E-state index in [0.29, 0.717) is 30.5 Å². The van der Waals surface area contributed by atoms with Crippen LogP contribution in [0.3, 0.4) is 0 Å². The standard InChI is InChI=1S/C26H46N6OS/c1-18(2)10-11-20(14-19-15-28-22-9-7-6-8-21(19)22)27-16-23(33)24-29-30-25(34-24)32-13-12-31(5)26(3,4)17-32/h15,18,20-23,27-28,33H,6-14,16-17H2,1-5H3. The largest absolute Gasteiger partial charge is 0.388 e. The molecule has 1 aliphatic carbocycles. The maximum Gasteiger partial charge on any atom is 0.208 e. The fraction of sp³-hybridized carbons (Fsp3) is 0.846. The molecule has 3 aliphatic rings. The predicted molar refractivity (Wildman–Crippen MR) is 141 cm³/mol. The Kier molecular flexibility index (Phi) is 8.54. The molecule has 0 bridgehead atoms. The van der Waals surface area contributed by atoms with Crippen LogP contribution in [0.25, 0.3) is 0 Å². The SMILES string of the molecule is CC(C)CCC(CC1=CNC2CCCCC12)NCC(O)c1nnc(N2CCN(C)C(C)(C)C2)s1. The second-order valence-corrected chi connectivity index (χ2v) is 12.7. The number of hydrogen-bond donors (Lipinski definition) is 3. The lowest BCUT2D eigenvalue weighted by Gasteiger charge is -2.45. The van der Waals surface area contributed by atoms with E-state index < -0.39 is 6.10 Å². The molecule has 0 radical (unpaired) electrons. The number of piperazine rings is 1. The molecule has 4 unspecified atom stereocenters. The lowest BCUT2D eigenvalue weighted by molar-refractivity contribution is 0.139. The highest BCUT2D eigenvalue weighted by Gasteiger charge is 2.34. The van der Waals surface area contributed by atoms with Gasteiger partial charge in [-0.05, 0) is 70.7 Å². The Morgan fingerprint density at radius 2 is 2.00 bits per heavy atom. The van der Waals surface area contributed by atoms with Crippen molar-refractivity contribution in [3.05, 3.63) is 16.8 Å². The van der Waals surface area contributed by atoms with Gasteiger partial charge in [-0.3, -0.25) is 4.90 Å². The molecule has 4 atom stereocenters. The first-order valence-corrected chi connectivity index (χ1v) is 14.2. The third-order valence-corrected chi connectivity index (χ3v) is 9.29. The summed E-state index contributed by atoms with van der Waals surface area (Å²) in [5.74, 6) is 1.39. The molecule has 0 spiro atoms. The molecular weight excluding hydrogens is 444 g/mol. The second kappa shape index (κ2) is 11.2. The Balaban J connectivity index is 1.33. The molecule has 8 heteroatoms. The van der Waals surface area contributed by atoms with Crippen LogP contribution in [0.4, 0.5) is 5.13 Å². The highest BCUT2D eigenvalue weighted by atomic mass is 32.1.